The van der Waals surface area contributed by atoms with Gasteiger partial charge in [-0.2, -0.15) is 4.89 Å². The Morgan fingerprint density at radius 1 is 1.45 bits per heavy atom. The summed E-state index contributed by atoms with van der Waals surface area (Å²) in [7, 11) is -0.366. The van der Waals surface area contributed by atoms with E-state index in [1.807, 2.05) is 0 Å². The highest BCUT2D eigenvalue weighted by molar-refractivity contribution is 5.72. The molecule has 0 aliphatic rings. The molecule has 0 unspecified atom stereocenters. The van der Waals surface area contributed by atoms with Crippen molar-refractivity contribution >= 4 is 11.9 Å². The molecule has 0 spiro atoms. The first kappa shape index (κ1) is 8.00. The van der Waals surface area contributed by atoms with E-state index in [1.54, 1.807) is 0 Å². The molecule has 0 aliphatic carbocycles. The van der Waals surface area contributed by atoms with Gasteiger partial charge in [-0.3, -0.25) is 9.68 Å². The minimum atomic E-state index is -0.535. The van der Waals surface area contributed by atoms with Gasteiger partial charge in [0.15, 0.2) is 0 Å². The maximum absolute atomic E-state index is 9.81. The molecular formula is C6H13NO4. The lowest BCUT2D eigenvalue weighted by Gasteiger charge is -1.87. The summed E-state index contributed by atoms with van der Waals surface area (Å²) in [6.07, 6.45) is 0. The Bertz CT molecular complexity index is 154. The Kier molecular flexibility index (Phi) is 6.47. The van der Waals surface area contributed by atoms with Crippen molar-refractivity contribution in [3.63, 3.8) is 0 Å². The monoisotopic (exact) mass is 165 g/mol. The lowest BCUT2D eigenvalue weighted by molar-refractivity contribution is -0.252. The molecular weight excluding hydrogens is 150 g/mol. The van der Waals surface area contributed by atoms with Crippen molar-refractivity contribution in [2.24, 2.45) is 0 Å². The molecule has 0 fully saturated rings. The predicted molar refractivity (Wildman–Crippen MR) is 38.5 cm³/mol. The fourth-order valence-corrected chi connectivity index (χ4v) is 0.0830. The van der Waals surface area contributed by atoms with Crippen molar-refractivity contribution in [3.8, 4) is 0 Å². The third-order valence-electron chi connectivity index (χ3n) is 0.425. The van der Waals surface area contributed by atoms with Crippen LogP contribution in [-0.4, -0.2) is 26.0 Å². The van der Waals surface area contributed by atoms with Crippen LogP contribution in [0.5, 0.6) is 0 Å². The van der Waals surface area contributed by atoms with E-state index in [0.717, 1.165) is 0 Å². The van der Waals surface area contributed by atoms with Gasteiger partial charge in [0, 0.05) is 22.2 Å². The van der Waals surface area contributed by atoms with Gasteiger partial charge in [0.05, 0.1) is 8.46 Å². The number of nitrogens with one attached hydrogen (secondary N) is 1. The number of amides is 1. The topological polar surface area (TPSA) is 64.6 Å². The molecule has 11 heavy (non-hydrogen) atoms. The third kappa shape index (κ3) is 27.9. The zero-order valence-electron chi connectivity index (χ0n) is 8.55. The van der Waals surface area contributed by atoms with Crippen LogP contribution < -0.4 is 5.32 Å². The summed E-state index contributed by atoms with van der Waals surface area (Å²) >= 11 is 0. The number of hydrogen-bond acceptors (Lipinski definition) is 4. The average molecular weight is 165 g/mol. The first-order chi connectivity index (χ1) is 6.04. The molecule has 1 N–H and O–H groups in total. The Hall–Kier alpha value is -1.10. The lowest BCUT2D eigenvalue weighted by atomic mass is 10.7. The standard InChI is InChI=1S/C3H7NO.C3H6O3/c1-3(5)4-2;1-3(4)6-5-2/h1-2H3,(H,4,5);1-2H3/i2*2D. The SMILES string of the molecule is [2H]CNC(C)=O.[2H]COOC(C)=O. The highest BCUT2D eigenvalue weighted by atomic mass is 17.2. The Morgan fingerprint density at radius 3 is 2.18 bits per heavy atom. The molecule has 0 bridgehead atoms. The van der Waals surface area contributed by atoms with Crippen LogP contribution in [0.2, 0.25) is 0 Å². The van der Waals surface area contributed by atoms with E-state index in [0.29, 0.717) is 0 Å². The summed E-state index contributed by atoms with van der Waals surface area (Å²) in [4.78, 5) is 27.4. The Labute approximate surface area is 68.4 Å². The first-order valence-electron chi connectivity index (χ1n) is 4.09. The fourth-order valence-electron chi connectivity index (χ4n) is 0.0830. The molecule has 0 rings (SSSR count). The second-order valence-electron chi connectivity index (χ2n) is 1.43. The first-order valence-corrected chi connectivity index (χ1v) is 2.67. The van der Waals surface area contributed by atoms with Crippen LogP contribution in [-0.2, 0) is 19.4 Å². The molecule has 0 aromatic carbocycles. The van der Waals surface area contributed by atoms with Crippen LogP contribution in [0.15, 0.2) is 0 Å². The normalized spacial score (nSPS) is 9.64. The van der Waals surface area contributed by atoms with Crippen molar-refractivity contribution in [1.29, 1.82) is 0 Å². The van der Waals surface area contributed by atoms with Crippen molar-refractivity contribution in [2.75, 3.05) is 14.1 Å². The highest BCUT2D eigenvalue weighted by Gasteiger charge is 1.83. The molecule has 1 amide bonds. The van der Waals surface area contributed by atoms with E-state index < -0.39 is 5.97 Å². The van der Waals surface area contributed by atoms with Gasteiger partial charge in [0.25, 0.3) is 0 Å². The maximum Gasteiger partial charge on any atom is 0.339 e. The van der Waals surface area contributed by atoms with Crippen LogP contribution in [0.25, 0.3) is 0 Å². The predicted octanol–water partition coefficient (Wildman–Crippen LogP) is -0.137. The number of hydrogen-bond donors (Lipinski definition) is 1. The van der Waals surface area contributed by atoms with Gasteiger partial charge >= 0.3 is 5.97 Å². The van der Waals surface area contributed by atoms with Crippen LogP contribution in [0.4, 0.5) is 0 Å². The molecule has 0 atom stereocenters. The van der Waals surface area contributed by atoms with E-state index in [-0.39, 0.29) is 20.0 Å². The van der Waals surface area contributed by atoms with Gasteiger partial charge in [-0.15, -0.1) is 0 Å². The van der Waals surface area contributed by atoms with Crippen molar-refractivity contribution in [2.45, 2.75) is 13.8 Å². The maximum atomic E-state index is 9.81. The molecule has 0 aliphatic heterocycles. The van der Waals surface area contributed by atoms with Crippen LogP contribution in [0, 0.1) is 0 Å². The van der Waals surface area contributed by atoms with Gasteiger partial charge in [-0.05, 0) is 0 Å². The van der Waals surface area contributed by atoms with Crippen LogP contribution in [0.3, 0.4) is 0 Å². The van der Waals surface area contributed by atoms with E-state index in [9.17, 15) is 9.59 Å². The summed E-state index contributed by atoms with van der Waals surface area (Å²) in [6.45, 7) is 2.59. The minimum Gasteiger partial charge on any atom is -0.359 e. The van der Waals surface area contributed by atoms with Gasteiger partial charge in [-0.1, -0.05) is 0 Å². The minimum absolute atomic E-state index is 0.0185. The third-order valence-corrected chi connectivity index (χ3v) is 0.425. The number of carbonyl (C=O) groups is 2. The second-order valence-corrected chi connectivity index (χ2v) is 1.43. The van der Waals surface area contributed by atoms with Gasteiger partial charge in [-0.25, -0.2) is 4.79 Å². The summed E-state index contributed by atoms with van der Waals surface area (Å²) in [5.41, 5.74) is 0. The van der Waals surface area contributed by atoms with Gasteiger partial charge in [0.1, 0.15) is 0 Å². The number of carbonyl (C=O) groups excluding carboxylic acids is 2. The molecule has 0 aromatic rings. The molecule has 0 saturated heterocycles. The van der Waals surface area contributed by atoms with Crippen LogP contribution >= 0.6 is 0 Å². The van der Waals surface area contributed by atoms with E-state index in [1.165, 1.54) is 13.8 Å². The zero-order valence-corrected chi connectivity index (χ0v) is 6.55. The number of rotatable bonds is 1. The van der Waals surface area contributed by atoms with Crippen molar-refractivity contribution in [3.05, 3.63) is 0 Å². The van der Waals surface area contributed by atoms with E-state index >= 15 is 0 Å². The van der Waals surface area contributed by atoms with E-state index in [2.05, 4.69) is 15.1 Å². The summed E-state index contributed by atoms with van der Waals surface area (Å²) in [5.74, 6) is -0.683. The lowest BCUT2D eigenvalue weighted by Crippen LogP contribution is -2.11. The Balaban J connectivity index is 0. The molecule has 0 saturated carbocycles. The fraction of sp³-hybridized carbons (Fsp3) is 0.667. The molecule has 66 valence electrons. The molecule has 0 aromatic heterocycles. The summed E-state index contributed by atoms with van der Waals surface area (Å²) in [6, 6.07) is 0. The highest BCUT2D eigenvalue weighted by Crippen LogP contribution is 1.69. The van der Waals surface area contributed by atoms with Crippen molar-refractivity contribution in [1.82, 2.24) is 5.32 Å². The molecule has 5 heteroatoms. The van der Waals surface area contributed by atoms with Gasteiger partial charge in [0.2, 0.25) is 5.91 Å². The van der Waals surface area contributed by atoms with Crippen LogP contribution in [0.1, 0.15) is 16.6 Å². The molecule has 0 heterocycles. The average Bonchev–Trinajstić information content (AvgIpc) is 2.01. The Morgan fingerprint density at radius 2 is 2.09 bits per heavy atom. The van der Waals surface area contributed by atoms with Crippen molar-refractivity contribution < 1.29 is 22.1 Å². The van der Waals surface area contributed by atoms with E-state index in [4.69, 9.17) is 2.74 Å². The molecule has 5 nitrogen and oxygen atoms in total. The molecule has 0 radical (unpaired) electrons. The largest absolute Gasteiger partial charge is 0.359 e. The summed E-state index contributed by atoms with van der Waals surface area (Å²) in [5, 5.41) is 2.24. The van der Waals surface area contributed by atoms with Gasteiger partial charge < -0.3 is 5.32 Å². The summed E-state index contributed by atoms with van der Waals surface area (Å²) < 4.78 is 12.7. The smallest absolute Gasteiger partial charge is 0.339 e. The quantitative estimate of drug-likeness (QED) is 0.434. The zero-order chi connectivity index (χ0) is 10.7. The second kappa shape index (κ2) is 8.90.